The van der Waals surface area contributed by atoms with Crippen molar-refractivity contribution in [2.24, 2.45) is 0 Å². The highest BCUT2D eigenvalue weighted by molar-refractivity contribution is 6.35. The fourth-order valence-electron chi connectivity index (χ4n) is 2.15. The van der Waals surface area contributed by atoms with E-state index in [4.69, 9.17) is 23.2 Å². The molecule has 23 heavy (non-hydrogen) atoms. The van der Waals surface area contributed by atoms with Crippen LogP contribution in [0.1, 0.15) is 5.56 Å². The third-order valence-corrected chi connectivity index (χ3v) is 3.79. The summed E-state index contributed by atoms with van der Waals surface area (Å²) in [6.45, 7) is 0. The van der Waals surface area contributed by atoms with E-state index in [1.807, 2.05) is 36.5 Å². The zero-order valence-electron chi connectivity index (χ0n) is 12.0. The highest BCUT2D eigenvalue weighted by Gasteiger charge is 2.09. The van der Waals surface area contributed by atoms with Crippen LogP contribution < -0.4 is 5.32 Å². The monoisotopic (exact) mass is 345 g/mol. The Hall–Kier alpha value is -2.30. The summed E-state index contributed by atoms with van der Waals surface area (Å²) in [5.41, 5.74) is 2.25. The Morgan fingerprint density at radius 2 is 1.91 bits per heavy atom. The van der Waals surface area contributed by atoms with Crippen LogP contribution >= 0.6 is 23.2 Å². The molecule has 0 aliphatic heterocycles. The number of carbonyl (C=O) groups excluding carboxylic acids is 1. The number of nitrogens with zero attached hydrogens (tertiary/aromatic N) is 2. The number of hydrogen-bond donors (Lipinski definition) is 1. The van der Waals surface area contributed by atoms with Crippen LogP contribution in [0.4, 0.5) is 5.69 Å². The lowest BCUT2D eigenvalue weighted by Gasteiger charge is -2.06. The fraction of sp³-hybridized carbons (Fsp3) is 0.0588. The van der Waals surface area contributed by atoms with Gasteiger partial charge in [0.25, 0.3) is 0 Å². The Balaban J connectivity index is 1.69. The van der Waals surface area contributed by atoms with Crippen LogP contribution in [0.25, 0.3) is 5.69 Å². The van der Waals surface area contributed by atoms with Gasteiger partial charge in [-0.15, -0.1) is 0 Å². The largest absolute Gasteiger partial charge is 0.324 e. The van der Waals surface area contributed by atoms with Gasteiger partial charge in [-0.25, -0.2) is 4.68 Å². The average molecular weight is 346 g/mol. The van der Waals surface area contributed by atoms with Crippen LogP contribution in [-0.4, -0.2) is 15.7 Å². The summed E-state index contributed by atoms with van der Waals surface area (Å²) in [5, 5.41) is 7.99. The SMILES string of the molecule is O=C(Cc1cnn(-c2ccccc2)c1)Nc1cc(Cl)ccc1Cl. The number of halogens is 2. The van der Waals surface area contributed by atoms with Gasteiger partial charge in [0.1, 0.15) is 0 Å². The predicted octanol–water partition coefficient (Wildman–Crippen LogP) is 4.36. The summed E-state index contributed by atoms with van der Waals surface area (Å²) in [5.74, 6) is -0.179. The van der Waals surface area contributed by atoms with E-state index >= 15 is 0 Å². The van der Waals surface area contributed by atoms with E-state index in [1.54, 1.807) is 29.1 Å². The zero-order chi connectivity index (χ0) is 16.2. The van der Waals surface area contributed by atoms with Gasteiger partial charge in [0.05, 0.1) is 29.0 Å². The van der Waals surface area contributed by atoms with Gasteiger partial charge >= 0.3 is 0 Å². The standard InChI is InChI=1S/C17H13Cl2N3O/c18-13-6-7-15(19)16(9-13)21-17(23)8-12-10-20-22(11-12)14-4-2-1-3-5-14/h1-7,9-11H,8H2,(H,21,23). The highest BCUT2D eigenvalue weighted by atomic mass is 35.5. The van der Waals surface area contributed by atoms with Gasteiger partial charge in [-0.2, -0.15) is 5.10 Å². The average Bonchev–Trinajstić information content (AvgIpc) is 3.00. The first-order valence-corrected chi connectivity index (χ1v) is 7.71. The van der Waals surface area contributed by atoms with Crippen LogP contribution in [0.3, 0.4) is 0 Å². The second-order valence-corrected chi connectivity index (χ2v) is 5.82. The molecule has 0 radical (unpaired) electrons. The topological polar surface area (TPSA) is 46.9 Å². The van der Waals surface area contributed by atoms with Gasteiger partial charge in [-0.05, 0) is 35.9 Å². The molecule has 0 atom stereocenters. The lowest BCUT2D eigenvalue weighted by atomic mass is 10.2. The van der Waals surface area contributed by atoms with Crippen molar-refractivity contribution in [2.75, 3.05) is 5.32 Å². The maximum atomic E-state index is 12.1. The number of amides is 1. The number of anilines is 1. The van der Waals surface area contributed by atoms with Crippen molar-refractivity contribution in [3.05, 3.63) is 76.5 Å². The van der Waals surface area contributed by atoms with E-state index in [0.29, 0.717) is 15.7 Å². The van der Waals surface area contributed by atoms with Crippen molar-refractivity contribution in [3.8, 4) is 5.69 Å². The van der Waals surface area contributed by atoms with Gasteiger partial charge in [0.15, 0.2) is 0 Å². The molecule has 0 unspecified atom stereocenters. The Morgan fingerprint density at radius 3 is 2.70 bits per heavy atom. The van der Waals surface area contributed by atoms with Crippen LogP contribution in [0, 0.1) is 0 Å². The first-order chi connectivity index (χ1) is 11.1. The second-order valence-electron chi connectivity index (χ2n) is 4.98. The summed E-state index contributed by atoms with van der Waals surface area (Å²) in [6, 6.07) is 14.6. The van der Waals surface area contributed by atoms with E-state index in [0.717, 1.165) is 11.3 Å². The number of carbonyl (C=O) groups is 1. The molecule has 4 nitrogen and oxygen atoms in total. The van der Waals surface area contributed by atoms with Gasteiger partial charge in [0, 0.05) is 11.2 Å². The molecule has 6 heteroatoms. The molecule has 1 amide bonds. The molecular formula is C17H13Cl2N3O. The Morgan fingerprint density at radius 1 is 1.13 bits per heavy atom. The summed E-state index contributed by atoms with van der Waals surface area (Å²) < 4.78 is 1.73. The molecule has 0 spiro atoms. The molecule has 116 valence electrons. The molecule has 0 saturated carbocycles. The maximum Gasteiger partial charge on any atom is 0.228 e. The quantitative estimate of drug-likeness (QED) is 0.763. The zero-order valence-corrected chi connectivity index (χ0v) is 13.6. The molecule has 0 aliphatic carbocycles. The Labute approximate surface area is 143 Å². The van der Waals surface area contributed by atoms with Crippen molar-refractivity contribution in [1.29, 1.82) is 0 Å². The molecule has 0 saturated heterocycles. The Kier molecular flexibility index (Phi) is 4.65. The molecule has 2 aromatic carbocycles. The lowest BCUT2D eigenvalue weighted by molar-refractivity contribution is -0.115. The number of aromatic nitrogens is 2. The van der Waals surface area contributed by atoms with Crippen LogP contribution in [0.2, 0.25) is 10.0 Å². The third-order valence-electron chi connectivity index (χ3n) is 3.22. The second kappa shape index (κ2) is 6.86. The molecule has 0 fully saturated rings. The minimum atomic E-state index is -0.179. The van der Waals surface area contributed by atoms with Crippen molar-refractivity contribution in [3.63, 3.8) is 0 Å². The van der Waals surface area contributed by atoms with E-state index < -0.39 is 0 Å². The molecule has 0 aliphatic rings. The molecular weight excluding hydrogens is 333 g/mol. The third kappa shape index (κ3) is 3.92. The minimum absolute atomic E-state index is 0.179. The van der Waals surface area contributed by atoms with E-state index in [2.05, 4.69) is 10.4 Å². The number of rotatable bonds is 4. The van der Waals surface area contributed by atoms with Crippen molar-refractivity contribution in [2.45, 2.75) is 6.42 Å². The summed E-state index contributed by atoms with van der Waals surface area (Å²) in [7, 11) is 0. The van der Waals surface area contributed by atoms with Crippen molar-refractivity contribution < 1.29 is 4.79 Å². The first kappa shape index (κ1) is 15.6. The molecule has 1 aromatic heterocycles. The highest BCUT2D eigenvalue weighted by Crippen LogP contribution is 2.25. The smallest absolute Gasteiger partial charge is 0.228 e. The van der Waals surface area contributed by atoms with E-state index in [9.17, 15) is 4.79 Å². The Bertz CT molecular complexity index is 831. The van der Waals surface area contributed by atoms with Crippen LogP contribution in [0.15, 0.2) is 60.9 Å². The molecule has 3 rings (SSSR count). The number of benzene rings is 2. The van der Waals surface area contributed by atoms with Gasteiger partial charge < -0.3 is 5.32 Å². The molecule has 3 aromatic rings. The lowest BCUT2D eigenvalue weighted by Crippen LogP contribution is -2.14. The fourth-order valence-corrected chi connectivity index (χ4v) is 2.48. The van der Waals surface area contributed by atoms with Crippen molar-refractivity contribution in [1.82, 2.24) is 9.78 Å². The van der Waals surface area contributed by atoms with Gasteiger partial charge in [-0.3, -0.25) is 4.79 Å². The molecule has 0 bridgehead atoms. The number of para-hydroxylation sites is 1. The molecule has 1 heterocycles. The van der Waals surface area contributed by atoms with E-state index in [1.165, 1.54) is 0 Å². The van der Waals surface area contributed by atoms with Crippen molar-refractivity contribution >= 4 is 34.8 Å². The normalized spacial score (nSPS) is 10.5. The summed E-state index contributed by atoms with van der Waals surface area (Å²) in [4.78, 5) is 12.1. The van der Waals surface area contributed by atoms with E-state index in [-0.39, 0.29) is 12.3 Å². The van der Waals surface area contributed by atoms with Crippen LogP contribution in [0.5, 0.6) is 0 Å². The van der Waals surface area contributed by atoms with Gasteiger partial charge in [0.2, 0.25) is 5.91 Å². The summed E-state index contributed by atoms with van der Waals surface area (Å²) >= 11 is 11.9. The minimum Gasteiger partial charge on any atom is -0.324 e. The maximum absolute atomic E-state index is 12.1. The predicted molar refractivity (Wildman–Crippen MR) is 92.4 cm³/mol. The number of nitrogens with one attached hydrogen (secondary N) is 1. The van der Waals surface area contributed by atoms with Gasteiger partial charge in [-0.1, -0.05) is 41.4 Å². The first-order valence-electron chi connectivity index (χ1n) is 6.96. The molecule has 1 N–H and O–H groups in total. The van der Waals surface area contributed by atoms with Crippen LogP contribution in [-0.2, 0) is 11.2 Å². The summed E-state index contributed by atoms with van der Waals surface area (Å²) in [6.07, 6.45) is 3.70. The number of hydrogen-bond acceptors (Lipinski definition) is 2.